The molecular formula is C19H24ClN3O. The lowest BCUT2D eigenvalue weighted by atomic mass is 9.78. The summed E-state index contributed by atoms with van der Waals surface area (Å²) in [6.07, 6.45) is 6.32. The number of nitrogens with one attached hydrogen (secondary N) is 1. The van der Waals surface area contributed by atoms with Gasteiger partial charge >= 0.3 is 0 Å². The van der Waals surface area contributed by atoms with Crippen molar-refractivity contribution >= 4 is 11.6 Å². The summed E-state index contributed by atoms with van der Waals surface area (Å²) in [5.41, 5.74) is 2.16. The van der Waals surface area contributed by atoms with Gasteiger partial charge in [-0.3, -0.25) is 0 Å². The highest BCUT2D eigenvalue weighted by atomic mass is 35.5. The maximum absolute atomic E-state index is 6.34. The Kier molecular flexibility index (Phi) is 4.53. The second-order valence-corrected chi connectivity index (χ2v) is 7.74. The van der Waals surface area contributed by atoms with Gasteiger partial charge in [0.2, 0.25) is 0 Å². The van der Waals surface area contributed by atoms with Crippen LogP contribution in [0.5, 0.6) is 0 Å². The van der Waals surface area contributed by atoms with Crippen molar-refractivity contribution in [2.24, 2.45) is 5.92 Å². The molecule has 1 aromatic rings. The fraction of sp³-hybridized carbons (Fsp3) is 0.632. The van der Waals surface area contributed by atoms with Crippen molar-refractivity contribution in [3.05, 3.63) is 28.5 Å². The largest absolute Gasteiger partial charge is 0.367 e. The van der Waals surface area contributed by atoms with Crippen LogP contribution in [0, 0.1) is 17.8 Å². The summed E-state index contributed by atoms with van der Waals surface area (Å²) in [6.45, 7) is 4.28. The third kappa shape index (κ3) is 3.32. The summed E-state index contributed by atoms with van der Waals surface area (Å²) in [4.78, 5) is 6.56. The van der Waals surface area contributed by atoms with E-state index in [0.29, 0.717) is 11.1 Å². The van der Waals surface area contributed by atoms with Crippen molar-refractivity contribution in [2.75, 3.05) is 33.2 Å². The molecular weight excluding hydrogens is 322 g/mol. The van der Waals surface area contributed by atoms with Gasteiger partial charge in [0.1, 0.15) is 5.15 Å². The molecule has 5 heteroatoms. The van der Waals surface area contributed by atoms with Crippen LogP contribution in [0.15, 0.2) is 12.3 Å². The van der Waals surface area contributed by atoms with E-state index < -0.39 is 0 Å². The van der Waals surface area contributed by atoms with E-state index in [1.165, 1.54) is 0 Å². The Bertz CT molecular complexity index is 667. The Morgan fingerprint density at radius 1 is 1.42 bits per heavy atom. The fourth-order valence-corrected chi connectivity index (χ4v) is 4.22. The number of ether oxygens (including phenoxy) is 1. The average Bonchev–Trinajstić information content (AvgIpc) is 2.97. The van der Waals surface area contributed by atoms with Crippen LogP contribution in [0.1, 0.15) is 42.9 Å². The van der Waals surface area contributed by atoms with E-state index >= 15 is 0 Å². The van der Waals surface area contributed by atoms with E-state index in [-0.39, 0.29) is 11.7 Å². The first-order valence-corrected chi connectivity index (χ1v) is 9.25. The van der Waals surface area contributed by atoms with Crippen LogP contribution in [0.3, 0.4) is 0 Å². The van der Waals surface area contributed by atoms with Gasteiger partial charge in [-0.2, -0.15) is 0 Å². The fourth-order valence-electron chi connectivity index (χ4n) is 4.06. The van der Waals surface area contributed by atoms with Crippen molar-refractivity contribution in [1.82, 2.24) is 15.2 Å². The Hall–Kier alpha value is -1.12. The number of rotatable bonds is 1. The third-order valence-corrected chi connectivity index (χ3v) is 5.72. The lowest BCUT2D eigenvalue weighted by Crippen LogP contribution is -2.52. The molecule has 1 spiro atoms. The minimum atomic E-state index is 0.0739. The molecule has 2 atom stereocenters. The zero-order valence-electron chi connectivity index (χ0n) is 14.1. The standard InChI is InChI=1S/C19H24ClN3O/c1-23-9-4-14(13-23)2-3-15-12-22-18(20)10-16(15)17-11-19(24-17)5-7-21-8-6-19/h10,12,14,17,21H,4-9,11,13H2,1H3. The molecule has 128 valence electrons. The average molecular weight is 346 g/mol. The molecule has 4 rings (SSSR count). The summed E-state index contributed by atoms with van der Waals surface area (Å²) in [6, 6.07) is 1.94. The Labute approximate surface area is 148 Å². The van der Waals surface area contributed by atoms with Gasteiger partial charge < -0.3 is 15.0 Å². The van der Waals surface area contributed by atoms with Crippen molar-refractivity contribution in [3.63, 3.8) is 0 Å². The SMILES string of the molecule is CN1CCC(C#Cc2cnc(Cl)cc2C2CC3(CCNCC3)O2)C1. The number of halogens is 1. The zero-order chi connectivity index (χ0) is 16.6. The van der Waals surface area contributed by atoms with Crippen LogP contribution in [0.25, 0.3) is 0 Å². The molecule has 3 saturated heterocycles. The van der Waals surface area contributed by atoms with Gasteiger partial charge in [0.25, 0.3) is 0 Å². The summed E-state index contributed by atoms with van der Waals surface area (Å²) in [5.74, 6) is 7.23. The third-order valence-electron chi connectivity index (χ3n) is 5.52. The number of likely N-dealkylation sites (tertiary alicyclic amines) is 1. The molecule has 0 aliphatic carbocycles. The highest BCUT2D eigenvalue weighted by Gasteiger charge is 2.47. The van der Waals surface area contributed by atoms with Crippen molar-refractivity contribution < 1.29 is 4.74 Å². The van der Waals surface area contributed by atoms with Gasteiger partial charge in [0.15, 0.2) is 0 Å². The first kappa shape index (κ1) is 16.4. The Balaban J connectivity index is 1.51. The molecule has 0 aromatic carbocycles. The van der Waals surface area contributed by atoms with Gasteiger partial charge in [-0.1, -0.05) is 23.4 Å². The molecule has 1 N–H and O–H groups in total. The second kappa shape index (κ2) is 6.65. The molecule has 3 aliphatic heterocycles. The van der Waals surface area contributed by atoms with E-state index in [1.807, 2.05) is 6.07 Å². The predicted octanol–water partition coefficient (Wildman–Crippen LogP) is 2.62. The molecule has 0 amide bonds. The smallest absolute Gasteiger partial charge is 0.129 e. The van der Waals surface area contributed by atoms with Crippen LogP contribution in [-0.4, -0.2) is 48.7 Å². The van der Waals surface area contributed by atoms with E-state index in [9.17, 15) is 0 Å². The van der Waals surface area contributed by atoms with E-state index in [1.54, 1.807) is 6.20 Å². The number of aromatic nitrogens is 1. The molecule has 0 bridgehead atoms. The normalized spacial score (nSPS) is 29.1. The van der Waals surface area contributed by atoms with E-state index in [2.05, 4.69) is 34.1 Å². The summed E-state index contributed by atoms with van der Waals surface area (Å²) in [5, 5.41) is 3.92. The highest BCUT2D eigenvalue weighted by Crippen LogP contribution is 2.48. The zero-order valence-corrected chi connectivity index (χ0v) is 14.9. The van der Waals surface area contributed by atoms with Gasteiger partial charge in [-0.25, -0.2) is 4.98 Å². The number of hydrogen-bond acceptors (Lipinski definition) is 4. The Morgan fingerprint density at radius 2 is 2.21 bits per heavy atom. The van der Waals surface area contributed by atoms with Crippen molar-refractivity contribution in [3.8, 4) is 11.8 Å². The number of piperidine rings is 1. The molecule has 0 saturated carbocycles. The van der Waals surface area contributed by atoms with Crippen LogP contribution < -0.4 is 5.32 Å². The number of nitrogens with zero attached hydrogens (tertiary/aromatic N) is 2. The summed E-state index contributed by atoms with van der Waals surface area (Å²) >= 11 is 6.13. The van der Waals surface area contributed by atoms with Crippen LogP contribution >= 0.6 is 11.6 Å². The first-order chi connectivity index (χ1) is 11.6. The monoisotopic (exact) mass is 345 g/mol. The predicted molar refractivity (Wildman–Crippen MR) is 95.0 cm³/mol. The first-order valence-electron chi connectivity index (χ1n) is 8.88. The topological polar surface area (TPSA) is 37.4 Å². The maximum atomic E-state index is 6.34. The van der Waals surface area contributed by atoms with Crippen LogP contribution in [0.4, 0.5) is 0 Å². The highest BCUT2D eigenvalue weighted by molar-refractivity contribution is 6.29. The molecule has 2 unspecified atom stereocenters. The van der Waals surface area contributed by atoms with Gasteiger partial charge in [-0.05, 0) is 52.0 Å². The summed E-state index contributed by atoms with van der Waals surface area (Å²) in [7, 11) is 2.15. The molecule has 24 heavy (non-hydrogen) atoms. The maximum Gasteiger partial charge on any atom is 0.129 e. The summed E-state index contributed by atoms with van der Waals surface area (Å²) < 4.78 is 6.34. The Morgan fingerprint density at radius 3 is 2.92 bits per heavy atom. The van der Waals surface area contributed by atoms with Crippen molar-refractivity contribution in [2.45, 2.75) is 37.4 Å². The molecule has 3 aliphatic rings. The van der Waals surface area contributed by atoms with Crippen LogP contribution in [-0.2, 0) is 4.74 Å². The van der Waals surface area contributed by atoms with Crippen LogP contribution in [0.2, 0.25) is 5.15 Å². The minimum Gasteiger partial charge on any atom is -0.367 e. The van der Waals surface area contributed by atoms with Gasteiger partial charge in [-0.15, -0.1) is 0 Å². The molecule has 0 radical (unpaired) electrons. The van der Waals surface area contributed by atoms with Gasteiger partial charge in [0, 0.05) is 36.2 Å². The molecule has 4 heterocycles. The second-order valence-electron chi connectivity index (χ2n) is 7.36. The van der Waals surface area contributed by atoms with Crippen molar-refractivity contribution in [1.29, 1.82) is 0 Å². The van der Waals surface area contributed by atoms with E-state index in [0.717, 1.165) is 63.0 Å². The lowest BCUT2D eigenvalue weighted by molar-refractivity contribution is -0.220. The van der Waals surface area contributed by atoms with E-state index in [4.69, 9.17) is 16.3 Å². The molecule has 4 nitrogen and oxygen atoms in total. The van der Waals surface area contributed by atoms with Gasteiger partial charge in [0.05, 0.1) is 11.7 Å². The molecule has 3 fully saturated rings. The number of pyridine rings is 1. The number of hydrogen-bond donors (Lipinski definition) is 1. The lowest BCUT2D eigenvalue weighted by Gasteiger charge is -2.50. The minimum absolute atomic E-state index is 0.0739. The quantitative estimate of drug-likeness (QED) is 0.627. The molecule has 1 aromatic heterocycles.